The average molecular weight is 214 g/mol. The Morgan fingerprint density at radius 1 is 1.43 bits per heavy atom. The van der Waals surface area contributed by atoms with Gasteiger partial charge in [0, 0.05) is 16.1 Å². The second kappa shape index (κ2) is 4.17. The fourth-order valence-corrected chi connectivity index (χ4v) is 1.82. The molecule has 14 heavy (non-hydrogen) atoms. The summed E-state index contributed by atoms with van der Waals surface area (Å²) in [6.45, 7) is 1.45. The van der Waals surface area contributed by atoms with E-state index < -0.39 is 0 Å². The molecule has 1 aromatic rings. The minimum Gasteiger partial charge on any atom is -0.467 e. The van der Waals surface area contributed by atoms with Gasteiger partial charge in [-0.05, 0) is 19.0 Å². The van der Waals surface area contributed by atoms with Crippen LogP contribution in [0.5, 0.6) is 5.75 Å². The molecule has 3 nitrogen and oxygen atoms in total. The highest BCUT2D eigenvalue weighted by molar-refractivity contribution is 6.31. The van der Waals surface area contributed by atoms with Crippen molar-refractivity contribution in [3.05, 3.63) is 28.3 Å². The van der Waals surface area contributed by atoms with Gasteiger partial charge in [0.15, 0.2) is 6.79 Å². The van der Waals surface area contributed by atoms with Crippen molar-refractivity contribution >= 4 is 11.6 Å². The number of ether oxygens (including phenoxy) is 2. The van der Waals surface area contributed by atoms with Gasteiger partial charge in [0.1, 0.15) is 5.75 Å². The van der Waals surface area contributed by atoms with Gasteiger partial charge >= 0.3 is 0 Å². The molecule has 1 heterocycles. The van der Waals surface area contributed by atoms with Crippen LogP contribution in [0, 0.1) is 0 Å². The Morgan fingerprint density at radius 3 is 3.07 bits per heavy atom. The van der Waals surface area contributed by atoms with Crippen LogP contribution in [0.15, 0.2) is 12.1 Å². The van der Waals surface area contributed by atoms with E-state index in [1.165, 1.54) is 0 Å². The van der Waals surface area contributed by atoms with E-state index in [-0.39, 0.29) is 0 Å². The predicted octanol–water partition coefficient (Wildman–Crippen LogP) is 1.71. The highest BCUT2D eigenvalue weighted by Crippen LogP contribution is 2.33. The molecule has 0 bridgehead atoms. The van der Waals surface area contributed by atoms with E-state index in [0.717, 1.165) is 28.3 Å². The largest absolute Gasteiger partial charge is 0.467 e. The van der Waals surface area contributed by atoms with Crippen molar-refractivity contribution in [3.8, 4) is 5.75 Å². The number of nitrogens with two attached hydrogens (primary N) is 1. The van der Waals surface area contributed by atoms with Crippen molar-refractivity contribution in [1.29, 1.82) is 0 Å². The molecule has 1 aliphatic rings. The molecule has 0 saturated carbocycles. The number of rotatable bonds is 2. The lowest BCUT2D eigenvalue weighted by Gasteiger charge is -2.21. The Balaban J connectivity index is 2.43. The molecule has 1 aliphatic heterocycles. The van der Waals surface area contributed by atoms with Crippen molar-refractivity contribution in [2.75, 3.05) is 13.3 Å². The van der Waals surface area contributed by atoms with Gasteiger partial charge in [-0.3, -0.25) is 0 Å². The summed E-state index contributed by atoms with van der Waals surface area (Å²) >= 11 is 6.06. The molecule has 0 unspecified atom stereocenters. The fraction of sp³-hybridized carbons (Fsp3) is 0.400. The average Bonchev–Trinajstić information content (AvgIpc) is 2.23. The Morgan fingerprint density at radius 2 is 2.29 bits per heavy atom. The lowest BCUT2D eigenvalue weighted by molar-refractivity contribution is -0.0170. The lowest BCUT2D eigenvalue weighted by atomic mass is 10.1. The van der Waals surface area contributed by atoms with Crippen LogP contribution >= 0.6 is 11.6 Å². The van der Waals surface area contributed by atoms with Gasteiger partial charge < -0.3 is 15.2 Å². The third-order valence-corrected chi connectivity index (χ3v) is 2.58. The Hall–Kier alpha value is -0.770. The Labute approximate surface area is 87.8 Å². The van der Waals surface area contributed by atoms with Crippen molar-refractivity contribution in [2.24, 2.45) is 5.73 Å². The number of hydrogen-bond donors (Lipinski definition) is 1. The summed E-state index contributed by atoms with van der Waals surface area (Å²) in [5.74, 6) is 0.856. The molecule has 0 spiro atoms. The third kappa shape index (κ3) is 1.71. The highest BCUT2D eigenvalue weighted by Gasteiger charge is 2.16. The maximum atomic E-state index is 6.06. The van der Waals surface area contributed by atoms with Crippen LogP contribution in [0.25, 0.3) is 0 Å². The molecule has 0 fully saturated rings. The van der Waals surface area contributed by atoms with Crippen molar-refractivity contribution in [1.82, 2.24) is 0 Å². The SMILES string of the molecule is NCCc1c(Cl)ccc2c1OCOC2. The zero-order valence-corrected chi connectivity index (χ0v) is 8.51. The molecule has 0 amide bonds. The van der Waals surface area contributed by atoms with Gasteiger partial charge in [-0.25, -0.2) is 0 Å². The van der Waals surface area contributed by atoms with Crippen LogP contribution in [0.4, 0.5) is 0 Å². The Kier molecular flexibility index (Phi) is 2.91. The van der Waals surface area contributed by atoms with E-state index in [0.29, 0.717) is 19.9 Å². The van der Waals surface area contributed by atoms with E-state index in [2.05, 4.69) is 0 Å². The normalized spacial score (nSPS) is 14.7. The number of fused-ring (bicyclic) bond motifs is 1. The summed E-state index contributed by atoms with van der Waals surface area (Å²) in [7, 11) is 0. The topological polar surface area (TPSA) is 44.5 Å². The molecule has 0 atom stereocenters. The van der Waals surface area contributed by atoms with Crippen LogP contribution in [-0.2, 0) is 17.8 Å². The number of benzene rings is 1. The minimum absolute atomic E-state index is 0.297. The van der Waals surface area contributed by atoms with Crippen LogP contribution in [0.3, 0.4) is 0 Å². The number of halogens is 1. The maximum Gasteiger partial charge on any atom is 0.189 e. The minimum atomic E-state index is 0.297. The van der Waals surface area contributed by atoms with E-state index in [1.54, 1.807) is 0 Å². The molecule has 1 aromatic carbocycles. The van der Waals surface area contributed by atoms with Gasteiger partial charge in [0.2, 0.25) is 0 Å². The summed E-state index contributed by atoms with van der Waals surface area (Å²) in [6, 6.07) is 3.79. The molecular formula is C10H12ClNO2. The molecular weight excluding hydrogens is 202 g/mol. The number of hydrogen-bond acceptors (Lipinski definition) is 3. The molecule has 0 saturated heterocycles. The van der Waals surface area contributed by atoms with E-state index >= 15 is 0 Å². The van der Waals surface area contributed by atoms with E-state index in [4.69, 9.17) is 26.8 Å². The summed E-state index contributed by atoms with van der Waals surface area (Å²) in [5, 5.41) is 0.719. The Bertz CT molecular complexity index is 341. The fourth-order valence-electron chi connectivity index (χ4n) is 1.58. The first-order chi connectivity index (χ1) is 6.83. The van der Waals surface area contributed by atoms with Gasteiger partial charge in [0.05, 0.1) is 6.61 Å². The van der Waals surface area contributed by atoms with Crippen molar-refractivity contribution < 1.29 is 9.47 Å². The maximum absolute atomic E-state index is 6.06. The predicted molar refractivity (Wildman–Crippen MR) is 54.5 cm³/mol. The second-order valence-corrected chi connectivity index (χ2v) is 3.57. The zero-order valence-electron chi connectivity index (χ0n) is 7.75. The summed E-state index contributed by atoms with van der Waals surface area (Å²) < 4.78 is 10.6. The van der Waals surface area contributed by atoms with Crippen molar-refractivity contribution in [2.45, 2.75) is 13.0 Å². The first-order valence-electron chi connectivity index (χ1n) is 4.54. The van der Waals surface area contributed by atoms with Gasteiger partial charge in [-0.2, -0.15) is 0 Å². The smallest absolute Gasteiger partial charge is 0.189 e. The monoisotopic (exact) mass is 213 g/mol. The van der Waals surface area contributed by atoms with Gasteiger partial charge in [-0.15, -0.1) is 0 Å². The standard InChI is InChI=1S/C10H12ClNO2/c11-9-2-1-7-5-13-6-14-10(7)8(9)3-4-12/h1-2H,3-6,12H2. The molecule has 0 aliphatic carbocycles. The van der Waals surface area contributed by atoms with Crippen LogP contribution < -0.4 is 10.5 Å². The molecule has 0 radical (unpaired) electrons. The van der Waals surface area contributed by atoms with Gasteiger partial charge in [-0.1, -0.05) is 17.7 Å². The quantitative estimate of drug-likeness (QED) is 0.814. The summed E-state index contributed by atoms with van der Waals surface area (Å²) in [4.78, 5) is 0. The zero-order chi connectivity index (χ0) is 9.97. The molecule has 2 N–H and O–H groups in total. The van der Waals surface area contributed by atoms with Gasteiger partial charge in [0.25, 0.3) is 0 Å². The van der Waals surface area contributed by atoms with Crippen molar-refractivity contribution in [3.63, 3.8) is 0 Å². The van der Waals surface area contributed by atoms with E-state index in [1.807, 2.05) is 12.1 Å². The van der Waals surface area contributed by atoms with Crippen LogP contribution in [0.2, 0.25) is 5.02 Å². The summed E-state index contributed by atoms with van der Waals surface area (Å²) in [6.07, 6.45) is 0.738. The second-order valence-electron chi connectivity index (χ2n) is 3.16. The molecule has 4 heteroatoms. The first-order valence-corrected chi connectivity index (χ1v) is 4.91. The molecule has 0 aromatic heterocycles. The lowest BCUT2D eigenvalue weighted by Crippen LogP contribution is -2.14. The third-order valence-electron chi connectivity index (χ3n) is 2.22. The highest BCUT2D eigenvalue weighted by atomic mass is 35.5. The molecule has 2 rings (SSSR count). The van der Waals surface area contributed by atoms with Crippen LogP contribution in [-0.4, -0.2) is 13.3 Å². The first kappa shape index (κ1) is 9.77. The van der Waals surface area contributed by atoms with Crippen LogP contribution in [0.1, 0.15) is 11.1 Å². The molecule has 76 valence electrons. The van der Waals surface area contributed by atoms with E-state index in [9.17, 15) is 0 Å². The summed E-state index contributed by atoms with van der Waals surface area (Å²) in [5.41, 5.74) is 7.56.